The van der Waals surface area contributed by atoms with Crippen LogP contribution in [0.25, 0.3) is 0 Å². The van der Waals surface area contributed by atoms with Gasteiger partial charge in [-0.05, 0) is 24.4 Å². The van der Waals surface area contributed by atoms with E-state index in [0.717, 1.165) is 13.1 Å². The molecule has 7 nitrogen and oxygen atoms in total. The minimum Gasteiger partial charge on any atom is -0.368 e. The van der Waals surface area contributed by atoms with Crippen molar-refractivity contribution in [3.05, 3.63) is 43.0 Å². The van der Waals surface area contributed by atoms with E-state index in [1.54, 1.807) is 6.08 Å². The molecule has 8 heteroatoms. The van der Waals surface area contributed by atoms with Crippen LogP contribution in [0.4, 0.5) is 5.69 Å². The molecule has 2 heterocycles. The number of piperazine rings is 2. The molecule has 3 rings (SSSR count). The Hall–Kier alpha value is -2.61. The van der Waals surface area contributed by atoms with E-state index < -0.39 is 6.04 Å². The van der Waals surface area contributed by atoms with Crippen molar-refractivity contribution in [1.82, 2.24) is 20.4 Å². The van der Waals surface area contributed by atoms with Gasteiger partial charge in [0, 0.05) is 51.5 Å². The van der Waals surface area contributed by atoms with Crippen molar-refractivity contribution in [2.75, 3.05) is 50.7 Å². The third-order valence-corrected chi connectivity index (χ3v) is 5.49. The van der Waals surface area contributed by atoms with Gasteiger partial charge in [-0.1, -0.05) is 24.3 Å². The van der Waals surface area contributed by atoms with Gasteiger partial charge in [-0.2, -0.15) is 0 Å². The number of carbonyl (C=O) groups is 2. The highest BCUT2D eigenvalue weighted by Gasteiger charge is 2.34. The molecule has 0 aliphatic carbocycles. The number of para-hydroxylation sites is 1. The lowest BCUT2D eigenvalue weighted by atomic mass is 10.1. The van der Waals surface area contributed by atoms with E-state index in [9.17, 15) is 9.59 Å². The van der Waals surface area contributed by atoms with Crippen LogP contribution in [0.5, 0.6) is 0 Å². The van der Waals surface area contributed by atoms with E-state index in [-0.39, 0.29) is 18.2 Å². The third kappa shape index (κ3) is 4.81. The van der Waals surface area contributed by atoms with Gasteiger partial charge in [0.15, 0.2) is 5.11 Å². The predicted octanol–water partition coefficient (Wildman–Crippen LogP) is 0.586. The zero-order valence-electron chi connectivity index (χ0n) is 16.0. The Morgan fingerprint density at radius 1 is 1.21 bits per heavy atom. The fraction of sp³-hybridized carbons (Fsp3) is 0.450. The van der Waals surface area contributed by atoms with Crippen LogP contribution < -0.4 is 15.5 Å². The summed E-state index contributed by atoms with van der Waals surface area (Å²) in [5.74, 6) is -0.156. The number of nitrogens with zero attached hydrogens (tertiary/aromatic N) is 3. The standard InChI is InChI=1S/C20H27N5O2S/c1-2-8-22-20(28)25-10-9-21-19(27)17(25)15-18(26)24-13-11-23(12-14-24)16-6-4-3-5-7-16/h2-7,17H,1,8-15H2,(H,21,27)(H,22,28)/t17-/m0/s1. The molecule has 2 saturated heterocycles. The maximum atomic E-state index is 12.9. The summed E-state index contributed by atoms with van der Waals surface area (Å²) in [5, 5.41) is 6.39. The summed E-state index contributed by atoms with van der Waals surface area (Å²) < 4.78 is 0. The maximum absolute atomic E-state index is 12.9. The number of hydrogen-bond acceptors (Lipinski definition) is 4. The van der Waals surface area contributed by atoms with Gasteiger partial charge in [0.25, 0.3) is 0 Å². The van der Waals surface area contributed by atoms with Crippen LogP contribution in [0.15, 0.2) is 43.0 Å². The minimum atomic E-state index is -0.571. The number of hydrogen-bond donors (Lipinski definition) is 2. The van der Waals surface area contributed by atoms with E-state index in [1.807, 2.05) is 28.0 Å². The van der Waals surface area contributed by atoms with Crippen molar-refractivity contribution < 1.29 is 9.59 Å². The molecule has 0 bridgehead atoms. The average molecular weight is 402 g/mol. The quantitative estimate of drug-likeness (QED) is 0.556. The molecule has 28 heavy (non-hydrogen) atoms. The lowest BCUT2D eigenvalue weighted by Gasteiger charge is -2.39. The van der Waals surface area contributed by atoms with Crippen LogP contribution in [0, 0.1) is 0 Å². The number of benzene rings is 1. The summed E-state index contributed by atoms with van der Waals surface area (Å²) in [7, 11) is 0. The molecule has 2 aliphatic rings. The van der Waals surface area contributed by atoms with Gasteiger partial charge in [0.2, 0.25) is 11.8 Å². The Morgan fingerprint density at radius 3 is 2.61 bits per heavy atom. The molecule has 2 N–H and O–H groups in total. The number of anilines is 1. The van der Waals surface area contributed by atoms with E-state index >= 15 is 0 Å². The first kappa shape index (κ1) is 20.1. The highest BCUT2D eigenvalue weighted by molar-refractivity contribution is 7.80. The Labute approximate surface area is 171 Å². The molecular formula is C20H27N5O2S. The van der Waals surface area contributed by atoms with Crippen LogP contribution in [-0.2, 0) is 9.59 Å². The monoisotopic (exact) mass is 401 g/mol. The lowest BCUT2D eigenvalue weighted by Crippen LogP contribution is -2.61. The van der Waals surface area contributed by atoms with E-state index in [1.165, 1.54) is 5.69 Å². The van der Waals surface area contributed by atoms with E-state index in [0.29, 0.717) is 37.8 Å². The van der Waals surface area contributed by atoms with Gasteiger partial charge in [0.05, 0.1) is 6.42 Å². The molecule has 2 amide bonds. The van der Waals surface area contributed by atoms with Crippen LogP contribution in [0.3, 0.4) is 0 Å². The van der Waals surface area contributed by atoms with E-state index in [2.05, 4.69) is 34.2 Å². The molecule has 150 valence electrons. The number of amides is 2. The molecule has 1 aromatic carbocycles. The SMILES string of the molecule is C=CCNC(=S)N1CCNC(=O)[C@@H]1CC(=O)N1CCN(c2ccccc2)CC1. The summed E-state index contributed by atoms with van der Waals surface area (Å²) in [6, 6.07) is 9.63. The summed E-state index contributed by atoms with van der Waals surface area (Å²) in [4.78, 5) is 31.2. The van der Waals surface area contributed by atoms with Crippen molar-refractivity contribution in [2.45, 2.75) is 12.5 Å². The second-order valence-electron chi connectivity index (χ2n) is 6.88. The molecule has 1 atom stereocenters. The zero-order chi connectivity index (χ0) is 19.9. The van der Waals surface area contributed by atoms with Crippen molar-refractivity contribution in [2.24, 2.45) is 0 Å². The highest BCUT2D eigenvalue weighted by Crippen LogP contribution is 2.17. The van der Waals surface area contributed by atoms with Gasteiger partial charge in [-0.15, -0.1) is 6.58 Å². The van der Waals surface area contributed by atoms with E-state index in [4.69, 9.17) is 12.2 Å². The van der Waals surface area contributed by atoms with Crippen molar-refractivity contribution in [1.29, 1.82) is 0 Å². The molecule has 0 saturated carbocycles. The van der Waals surface area contributed by atoms with Crippen LogP contribution in [-0.4, -0.2) is 78.6 Å². The first-order chi connectivity index (χ1) is 13.6. The summed E-state index contributed by atoms with van der Waals surface area (Å²) in [6.45, 7) is 8.19. The summed E-state index contributed by atoms with van der Waals surface area (Å²) in [5.41, 5.74) is 1.17. The fourth-order valence-electron chi connectivity index (χ4n) is 3.57. The molecular weight excluding hydrogens is 374 g/mol. The Balaban J connectivity index is 1.57. The number of thiocarbonyl (C=S) groups is 1. The van der Waals surface area contributed by atoms with Gasteiger partial charge >= 0.3 is 0 Å². The largest absolute Gasteiger partial charge is 0.368 e. The van der Waals surface area contributed by atoms with Crippen LogP contribution in [0.1, 0.15) is 6.42 Å². The topological polar surface area (TPSA) is 67.9 Å². The molecule has 0 radical (unpaired) electrons. The minimum absolute atomic E-state index is 0.00807. The molecule has 0 aromatic heterocycles. The first-order valence-corrected chi connectivity index (χ1v) is 10.0. The number of nitrogens with one attached hydrogen (secondary N) is 2. The van der Waals surface area contributed by atoms with Crippen molar-refractivity contribution in [3.63, 3.8) is 0 Å². The Morgan fingerprint density at radius 2 is 1.93 bits per heavy atom. The Bertz CT molecular complexity index is 719. The van der Waals surface area contributed by atoms with Gasteiger partial charge in [-0.25, -0.2) is 0 Å². The third-order valence-electron chi connectivity index (χ3n) is 5.11. The Kier molecular flexibility index (Phi) is 6.86. The fourth-order valence-corrected chi connectivity index (χ4v) is 3.87. The van der Waals surface area contributed by atoms with Crippen molar-refractivity contribution >= 4 is 34.8 Å². The van der Waals surface area contributed by atoms with Crippen LogP contribution in [0.2, 0.25) is 0 Å². The van der Waals surface area contributed by atoms with Gasteiger partial charge in [-0.3, -0.25) is 9.59 Å². The maximum Gasteiger partial charge on any atom is 0.243 e. The molecule has 2 aliphatic heterocycles. The summed E-state index contributed by atoms with van der Waals surface area (Å²) >= 11 is 5.40. The lowest BCUT2D eigenvalue weighted by molar-refractivity contribution is -0.137. The van der Waals surface area contributed by atoms with Crippen molar-refractivity contribution in [3.8, 4) is 0 Å². The number of carbonyl (C=O) groups excluding carboxylic acids is 2. The normalized spacial score (nSPS) is 19.8. The van der Waals surface area contributed by atoms with Gasteiger partial charge in [0.1, 0.15) is 6.04 Å². The van der Waals surface area contributed by atoms with Crippen LogP contribution >= 0.6 is 12.2 Å². The second-order valence-corrected chi connectivity index (χ2v) is 7.27. The first-order valence-electron chi connectivity index (χ1n) is 9.61. The molecule has 1 aromatic rings. The second kappa shape index (κ2) is 9.54. The molecule has 2 fully saturated rings. The predicted molar refractivity (Wildman–Crippen MR) is 114 cm³/mol. The summed E-state index contributed by atoms with van der Waals surface area (Å²) in [6.07, 6.45) is 1.84. The molecule has 0 unspecified atom stereocenters. The highest BCUT2D eigenvalue weighted by atomic mass is 32.1. The smallest absolute Gasteiger partial charge is 0.243 e. The molecule has 0 spiro atoms. The van der Waals surface area contributed by atoms with Gasteiger partial charge < -0.3 is 25.3 Å². The zero-order valence-corrected chi connectivity index (χ0v) is 16.8. The number of rotatable bonds is 5. The average Bonchev–Trinajstić information content (AvgIpc) is 2.74.